The molecule has 3 heterocycles. The molecule has 5 aromatic rings. The number of fused-ring (bicyclic) bond motifs is 1. The van der Waals surface area contributed by atoms with Crippen LogP contribution in [0.3, 0.4) is 0 Å². The van der Waals surface area contributed by atoms with Gasteiger partial charge < -0.3 is 30.2 Å². The lowest BCUT2D eigenvalue weighted by atomic mass is 10.0. The molecule has 2 fully saturated rings. The largest absolute Gasteiger partial charge is 0.457 e. The number of carbonyl (C=O) groups excluding carboxylic acids is 1. The number of hydrogen-bond donors (Lipinski definition) is 3. The van der Waals surface area contributed by atoms with E-state index in [0.717, 1.165) is 22.6 Å². The van der Waals surface area contributed by atoms with Crippen molar-refractivity contribution in [3.05, 3.63) is 121 Å². The van der Waals surface area contributed by atoms with Crippen molar-refractivity contribution in [3.8, 4) is 33.9 Å². The SMILES string of the molecule is O=C(Nc1ccc(Oc2ccccc2)cc1)NC1COC2C(Nc3nccc(-c4ccc(-c5ccccc5)cc4)n3)COC12. The summed E-state index contributed by atoms with van der Waals surface area (Å²) in [5, 5.41) is 9.25. The van der Waals surface area contributed by atoms with Gasteiger partial charge in [-0.05, 0) is 53.6 Å². The van der Waals surface area contributed by atoms with Gasteiger partial charge in [0, 0.05) is 17.4 Å². The minimum atomic E-state index is -0.328. The number of amides is 2. The summed E-state index contributed by atoms with van der Waals surface area (Å²) in [7, 11) is 0. The zero-order chi connectivity index (χ0) is 29.7. The molecule has 9 nitrogen and oxygen atoms in total. The molecule has 2 aliphatic heterocycles. The predicted molar refractivity (Wildman–Crippen MR) is 169 cm³/mol. The van der Waals surface area contributed by atoms with E-state index in [9.17, 15) is 4.79 Å². The minimum absolute atomic E-state index is 0.150. The molecule has 7 rings (SSSR count). The molecule has 4 atom stereocenters. The number of para-hydroxylation sites is 1. The van der Waals surface area contributed by atoms with Crippen molar-refractivity contribution in [1.82, 2.24) is 15.3 Å². The molecule has 2 saturated heterocycles. The van der Waals surface area contributed by atoms with Gasteiger partial charge in [0.1, 0.15) is 23.7 Å². The number of rotatable bonds is 8. The maximum Gasteiger partial charge on any atom is 0.319 e. The molecule has 1 aromatic heterocycles. The number of ether oxygens (including phenoxy) is 3. The highest BCUT2D eigenvalue weighted by atomic mass is 16.6. The summed E-state index contributed by atoms with van der Waals surface area (Å²) in [5.74, 6) is 1.93. The Hall–Kier alpha value is -5.25. The van der Waals surface area contributed by atoms with Crippen molar-refractivity contribution in [1.29, 1.82) is 0 Å². The highest BCUT2D eigenvalue weighted by molar-refractivity contribution is 5.89. The Morgan fingerprint density at radius 3 is 2.05 bits per heavy atom. The molecule has 220 valence electrons. The van der Waals surface area contributed by atoms with E-state index in [1.165, 1.54) is 5.56 Å². The van der Waals surface area contributed by atoms with E-state index in [0.29, 0.717) is 30.6 Å². The Kier molecular flexibility index (Phi) is 7.86. The number of anilines is 2. The van der Waals surface area contributed by atoms with Crippen LogP contribution >= 0.6 is 0 Å². The number of nitrogens with zero attached hydrogens (tertiary/aromatic N) is 2. The van der Waals surface area contributed by atoms with Crippen LogP contribution in [0.4, 0.5) is 16.4 Å². The minimum Gasteiger partial charge on any atom is -0.457 e. The first kappa shape index (κ1) is 27.6. The second kappa shape index (κ2) is 12.5. The van der Waals surface area contributed by atoms with Crippen LogP contribution in [-0.4, -0.2) is 53.5 Å². The fourth-order valence-electron chi connectivity index (χ4n) is 5.53. The van der Waals surface area contributed by atoms with E-state index in [2.05, 4.69) is 57.3 Å². The Bertz CT molecular complexity index is 1700. The number of hydrogen-bond acceptors (Lipinski definition) is 7. The molecule has 3 N–H and O–H groups in total. The molecule has 0 radical (unpaired) electrons. The molecule has 0 aliphatic carbocycles. The summed E-state index contributed by atoms with van der Waals surface area (Å²) in [6.45, 7) is 0.761. The Balaban J connectivity index is 0.928. The first-order valence-corrected chi connectivity index (χ1v) is 14.6. The van der Waals surface area contributed by atoms with Crippen LogP contribution in [0.2, 0.25) is 0 Å². The molecular weight excluding hydrogens is 554 g/mol. The van der Waals surface area contributed by atoms with Crippen molar-refractivity contribution >= 4 is 17.7 Å². The van der Waals surface area contributed by atoms with Crippen molar-refractivity contribution in [3.63, 3.8) is 0 Å². The van der Waals surface area contributed by atoms with Crippen LogP contribution in [0.5, 0.6) is 11.5 Å². The monoisotopic (exact) mass is 585 g/mol. The van der Waals surface area contributed by atoms with Crippen molar-refractivity contribution in [2.75, 3.05) is 23.8 Å². The van der Waals surface area contributed by atoms with Crippen molar-refractivity contribution in [2.45, 2.75) is 24.3 Å². The van der Waals surface area contributed by atoms with Gasteiger partial charge in [0.25, 0.3) is 0 Å². The van der Waals surface area contributed by atoms with Gasteiger partial charge in [0.2, 0.25) is 5.95 Å². The fraction of sp³-hybridized carbons (Fsp3) is 0.171. The Morgan fingerprint density at radius 1 is 0.682 bits per heavy atom. The average molecular weight is 586 g/mol. The second-order valence-electron chi connectivity index (χ2n) is 10.7. The lowest BCUT2D eigenvalue weighted by molar-refractivity contribution is 0.0683. The number of carbonyl (C=O) groups is 1. The van der Waals surface area contributed by atoms with Crippen LogP contribution in [0, 0.1) is 0 Å². The molecule has 0 bridgehead atoms. The zero-order valence-corrected chi connectivity index (χ0v) is 23.8. The maximum atomic E-state index is 12.8. The van der Waals surface area contributed by atoms with Crippen LogP contribution in [0.25, 0.3) is 22.4 Å². The molecule has 0 saturated carbocycles. The van der Waals surface area contributed by atoms with Crippen LogP contribution in [0.15, 0.2) is 121 Å². The average Bonchev–Trinajstić information content (AvgIpc) is 3.66. The van der Waals surface area contributed by atoms with E-state index in [1.54, 1.807) is 18.3 Å². The van der Waals surface area contributed by atoms with E-state index in [-0.39, 0.29) is 30.3 Å². The van der Waals surface area contributed by atoms with Crippen LogP contribution in [0.1, 0.15) is 0 Å². The molecule has 4 unspecified atom stereocenters. The third-order valence-electron chi connectivity index (χ3n) is 7.72. The van der Waals surface area contributed by atoms with Crippen molar-refractivity contribution in [2.24, 2.45) is 0 Å². The van der Waals surface area contributed by atoms with Gasteiger partial charge in [-0.25, -0.2) is 14.8 Å². The third-order valence-corrected chi connectivity index (χ3v) is 7.72. The summed E-state index contributed by atoms with van der Waals surface area (Å²) in [4.78, 5) is 22.0. The number of aromatic nitrogens is 2. The normalized spacial score (nSPS) is 20.5. The van der Waals surface area contributed by atoms with Crippen LogP contribution < -0.4 is 20.7 Å². The van der Waals surface area contributed by atoms with E-state index in [1.807, 2.05) is 66.7 Å². The molecule has 4 aromatic carbocycles. The van der Waals surface area contributed by atoms with E-state index in [4.69, 9.17) is 19.2 Å². The van der Waals surface area contributed by atoms with Gasteiger partial charge in [-0.2, -0.15) is 0 Å². The van der Waals surface area contributed by atoms with Crippen molar-refractivity contribution < 1.29 is 19.0 Å². The summed E-state index contributed by atoms with van der Waals surface area (Å²) >= 11 is 0. The summed E-state index contributed by atoms with van der Waals surface area (Å²) in [6.07, 6.45) is 1.22. The van der Waals surface area contributed by atoms with Gasteiger partial charge in [0.15, 0.2) is 0 Å². The number of urea groups is 1. The first-order valence-electron chi connectivity index (χ1n) is 14.6. The second-order valence-corrected chi connectivity index (χ2v) is 10.7. The van der Waals surface area contributed by atoms with Crippen LogP contribution in [-0.2, 0) is 9.47 Å². The predicted octanol–water partition coefficient (Wildman–Crippen LogP) is 6.37. The standard InChI is InChI=1S/C35H31N5O4/c41-35(37-26-15-17-28(18-16-26)44-27-9-5-2-6-10-27)40-31-22-43-32-30(21-42-33(31)32)39-34-36-20-19-29(38-34)25-13-11-24(12-14-25)23-7-3-1-4-8-23/h1-20,30-33H,21-22H2,(H,36,38,39)(H2,37,40,41). The smallest absolute Gasteiger partial charge is 0.319 e. The molecular formula is C35H31N5O4. The van der Waals surface area contributed by atoms with Gasteiger partial charge >= 0.3 is 6.03 Å². The maximum absolute atomic E-state index is 12.8. The Labute approximate surface area is 255 Å². The van der Waals surface area contributed by atoms with E-state index >= 15 is 0 Å². The third kappa shape index (κ3) is 6.24. The summed E-state index contributed by atoms with van der Waals surface area (Å²) < 4.78 is 17.9. The number of nitrogens with one attached hydrogen (secondary N) is 3. The quantitative estimate of drug-likeness (QED) is 0.194. The van der Waals surface area contributed by atoms with E-state index < -0.39 is 0 Å². The summed E-state index contributed by atoms with van der Waals surface area (Å²) in [6, 6.07) is 36.5. The highest BCUT2D eigenvalue weighted by Gasteiger charge is 2.48. The Morgan fingerprint density at radius 2 is 1.30 bits per heavy atom. The fourth-order valence-corrected chi connectivity index (χ4v) is 5.53. The summed E-state index contributed by atoms with van der Waals surface area (Å²) in [5.41, 5.74) is 4.79. The molecule has 9 heteroatoms. The highest BCUT2D eigenvalue weighted by Crippen LogP contribution is 2.30. The number of benzene rings is 4. The molecule has 44 heavy (non-hydrogen) atoms. The van der Waals surface area contributed by atoms with Gasteiger partial charge in [0.05, 0.1) is 31.0 Å². The van der Waals surface area contributed by atoms with Gasteiger partial charge in [-0.1, -0.05) is 72.8 Å². The lowest BCUT2D eigenvalue weighted by Crippen LogP contribution is -2.46. The van der Waals surface area contributed by atoms with Gasteiger partial charge in [-0.15, -0.1) is 0 Å². The van der Waals surface area contributed by atoms with Gasteiger partial charge in [-0.3, -0.25) is 0 Å². The lowest BCUT2D eigenvalue weighted by Gasteiger charge is -2.19. The zero-order valence-electron chi connectivity index (χ0n) is 23.8. The molecule has 0 spiro atoms. The molecule has 2 aliphatic rings. The first-order chi connectivity index (χ1) is 21.7. The molecule has 2 amide bonds. The topological polar surface area (TPSA) is 107 Å².